The molecular weight excluding hydrogens is 203 g/mol. The molecule has 0 aliphatic heterocycles. The van der Waals surface area contributed by atoms with Crippen LogP contribution in [0.5, 0.6) is 0 Å². The summed E-state index contributed by atoms with van der Waals surface area (Å²) in [5.74, 6) is -0.301. The van der Waals surface area contributed by atoms with Crippen molar-refractivity contribution in [3.63, 3.8) is 0 Å². The van der Waals surface area contributed by atoms with Gasteiger partial charge in [-0.2, -0.15) is 18.3 Å². The molecule has 0 radical (unpaired) electrons. The fourth-order valence-corrected chi connectivity index (χ4v) is 0.726. The minimum Gasteiger partial charge on any atom is -0.465 e. The van der Waals surface area contributed by atoms with Crippen LogP contribution in [0.15, 0.2) is 6.07 Å². The van der Waals surface area contributed by atoms with Gasteiger partial charge in [0.2, 0.25) is 0 Å². The number of aromatic nitrogens is 2. The molecule has 0 unspecified atom stereocenters. The first-order valence-electron chi connectivity index (χ1n) is 3.41. The fourth-order valence-electron chi connectivity index (χ4n) is 0.726. The van der Waals surface area contributed by atoms with Crippen molar-refractivity contribution in [1.29, 1.82) is 0 Å². The lowest BCUT2D eigenvalue weighted by molar-refractivity contribution is -0.141. The zero-order chi connectivity index (χ0) is 10.9. The summed E-state index contributed by atoms with van der Waals surface area (Å²) in [5.41, 5.74) is -1.08. The first-order chi connectivity index (χ1) is 6.32. The number of alkyl halides is 3. The molecule has 1 aromatic heterocycles. The Kier molecular flexibility index (Phi) is 2.37. The van der Waals surface area contributed by atoms with Gasteiger partial charge in [-0.25, -0.2) is 4.79 Å². The van der Waals surface area contributed by atoms with Crippen molar-refractivity contribution in [2.75, 3.05) is 11.9 Å². The van der Waals surface area contributed by atoms with Crippen LogP contribution in [0.1, 0.15) is 5.69 Å². The quantitative estimate of drug-likeness (QED) is 0.737. The molecule has 14 heavy (non-hydrogen) atoms. The van der Waals surface area contributed by atoms with Crippen LogP contribution < -0.4 is 4.90 Å². The largest absolute Gasteiger partial charge is 0.465 e. The minimum absolute atomic E-state index is 0.301. The Morgan fingerprint density at radius 1 is 1.64 bits per heavy atom. The van der Waals surface area contributed by atoms with E-state index in [-0.39, 0.29) is 5.82 Å². The Morgan fingerprint density at radius 3 is 2.57 bits per heavy atom. The van der Waals surface area contributed by atoms with Crippen molar-refractivity contribution < 1.29 is 23.1 Å². The van der Waals surface area contributed by atoms with Gasteiger partial charge in [-0.15, -0.1) is 0 Å². The molecule has 0 atom stereocenters. The number of rotatable bonds is 1. The summed E-state index contributed by atoms with van der Waals surface area (Å²) in [6.45, 7) is 0. The number of amides is 1. The molecule has 0 fully saturated rings. The third kappa shape index (κ3) is 1.95. The molecule has 0 spiro atoms. The van der Waals surface area contributed by atoms with Gasteiger partial charge in [-0.1, -0.05) is 0 Å². The number of nitrogens with one attached hydrogen (secondary N) is 1. The zero-order valence-corrected chi connectivity index (χ0v) is 6.96. The van der Waals surface area contributed by atoms with Crippen molar-refractivity contribution in [3.05, 3.63) is 11.8 Å². The average molecular weight is 209 g/mol. The summed E-state index contributed by atoms with van der Waals surface area (Å²) >= 11 is 0. The van der Waals surface area contributed by atoms with E-state index in [2.05, 4.69) is 5.10 Å². The van der Waals surface area contributed by atoms with Crippen LogP contribution in [0.2, 0.25) is 0 Å². The van der Waals surface area contributed by atoms with Crippen molar-refractivity contribution >= 4 is 11.9 Å². The second-order valence-corrected chi connectivity index (χ2v) is 2.48. The highest BCUT2D eigenvalue weighted by Gasteiger charge is 2.33. The SMILES string of the molecule is CN(C(=O)O)c1cc(C(F)(F)F)[nH]n1. The van der Waals surface area contributed by atoms with Crippen molar-refractivity contribution in [1.82, 2.24) is 10.2 Å². The maximum Gasteiger partial charge on any atom is 0.432 e. The monoisotopic (exact) mass is 209 g/mol. The van der Waals surface area contributed by atoms with E-state index in [9.17, 15) is 18.0 Å². The molecule has 0 aliphatic rings. The number of carbonyl (C=O) groups is 1. The summed E-state index contributed by atoms with van der Waals surface area (Å²) in [6.07, 6.45) is -5.94. The van der Waals surface area contributed by atoms with Gasteiger partial charge < -0.3 is 5.11 Å². The van der Waals surface area contributed by atoms with Crippen LogP contribution in [0.4, 0.5) is 23.8 Å². The highest BCUT2D eigenvalue weighted by molar-refractivity contribution is 5.83. The maximum atomic E-state index is 12.0. The van der Waals surface area contributed by atoms with Crippen molar-refractivity contribution in [3.8, 4) is 0 Å². The van der Waals surface area contributed by atoms with Crippen molar-refractivity contribution in [2.45, 2.75) is 6.18 Å². The van der Waals surface area contributed by atoms with Crippen LogP contribution in [0.25, 0.3) is 0 Å². The average Bonchev–Trinajstić information content (AvgIpc) is 2.49. The molecule has 0 bridgehead atoms. The zero-order valence-electron chi connectivity index (χ0n) is 6.96. The molecule has 1 rings (SSSR count). The molecular formula is C6H6F3N3O2. The molecule has 0 saturated heterocycles. The Bertz CT molecular complexity index is 346. The molecule has 1 aromatic rings. The normalized spacial score (nSPS) is 11.4. The number of halogens is 3. The van der Waals surface area contributed by atoms with Gasteiger partial charge in [0.05, 0.1) is 0 Å². The van der Waals surface area contributed by atoms with E-state index in [4.69, 9.17) is 5.11 Å². The van der Waals surface area contributed by atoms with Crippen LogP contribution >= 0.6 is 0 Å². The summed E-state index contributed by atoms with van der Waals surface area (Å²) in [6, 6.07) is 0.619. The van der Waals surface area contributed by atoms with Crippen LogP contribution in [0.3, 0.4) is 0 Å². The van der Waals surface area contributed by atoms with Crippen LogP contribution in [-0.4, -0.2) is 28.4 Å². The lowest BCUT2D eigenvalue weighted by Crippen LogP contribution is -2.24. The van der Waals surface area contributed by atoms with Gasteiger partial charge in [0, 0.05) is 13.1 Å². The third-order valence-electron chi connectivity index (χ3n) is 1.50. The van der Waals surface area contributed by atoms with E-state index in [1.54, 1.807) is 5.10 Å². The molecule has 0 saturated carbocycles. The van der Waals surface area contributed by atoms with E-state index in [1.165, 1.54) is 0 Å². The van der Waals surface area contributed by atoms with Gasteiger partial charge in [0.15, 0.2) is 5.82 Å². The second-order valence-electron chi connectivity index (χ2n) is 2.48. The number of H-pyrrole nitrogens is 1. The molecule has 2 N–H and O–H groups in total. The van der Waals surface area contributed by atoms with Crippen LogP contribution in [-0.2, 0) is 6.18 Å². The number of hydrogen-bond donors (Lipinski definition) is 2. The Labute approximate surface area is 76.1 Å². The molecule has 1 heterocycles. The number of anilines is 1. The summed E-state index contributed by atoms with van der Waals surface area (Å²) in [7, 11) is 1.10. The highest BCUT2D eigenvalue weighted by atomic mass is 19.4. The summed E-state index contributed by atoms with van der Waals surface area (Å²) in [5, 5.41) is 13.3. The summed E-state index contributed by atoms with van der Waals surface area (Å²) < 4.78 is 36.1. The number of aromatic amines is 1. The minimum atomic E-state index is -4.55. The van der Waals surface area contributed by atoms with Gasteiger partial charge in [0.1, 0.15) is 5.69 Å². The Hall–Kier alpha value is -1.73. The Balaban J connectivity index is 2.94. The molecule has 8 heteroatoms. The number of nitrogens with zero attached hydrogens (tertiary/aromatic N) is 2. The van der Waals surface area contributed by atoms with Crippen LogP contribution in [0, 0.1) is 0 Å². The molecule has 78 valence electrons. The Morgan fingerprint density at radius 2 is 2.21 bits per heavy atom. The first kappa shape index (κ1) is 10.4. The van der Waals surface area contributed by atoms with E-state index in [0.29, 0.717) is 11.0 Å². The third-order valence-corrected chi connectivity index (χ3v) is 1.50. The lowest BCUT2D eigenvalue weighted by atomic mass is 10.4. The number of hydrogen-bond acceptors (Lipinski definition) is 2. The van der Waals surface area contributed by atoms with E-state index in [1.807, 2.05) is 0 Å². The van der Waals surface area contributed by atoms with Gasteiger partial charge in [-0.05, 0) is 0 Å². The second kappa shape index (κ2) is 3.20. The lowest BCUT2D eigenvalue weighted by Gasteiger charge is -2.07. The number of carboxylic acid groups (broad SMARTS) is 1. The molecule has 0 aliphatic carbocycles. The fraction of sp³-hybridized carbons (Fsp3) is 0.333. The maximum absolute atomic E-state index is 12.0. The van der Waals surface area contributed by atoms with Crippen molar-refractivity contribution in [2.24, 2.45) is 0 Å². The van der Waals surface area contributed by atoms with E-state index >= 15 is 0 Å². The standard InChI is InChI=1S/C6H6F3N3O2/c1-12(5(13)14)4-2-3(10-11-4)6(7,8)9/h2H,1H3,(H,10,11)(H,13,14). The van der Waals surface area contributed by atoms with E-state index in [0.717, 1.165) is 7.05 Å². The van der Waals surface area contributed by atoms with Gasteiger partial charge in [0.25, 0.3) is 0 Å². The first-order valence-corrected chi connectivity index (χ1v) is 3.41. The highest BCUT2D eigenvalue weighted by Crippen LogP contribution is 2.29. The molecule has 0 aromatic carbocycles. The smallest absolute Gasteiger partial charge is 0.432 e. The van der Waals surface area contributed by atoms with E-state index < -0.39 is 18.0 Å². The molecule has 5 nitrogen and oxygen atoms in total. The topological polar surface area (TPSA) is 69.2 Å². The van der Waals surface area contributed by atoms with Gasteiger partial charge >= 0.3 is 12.3 Å². The predicted octanol–water partition coefficient (Wildman–Crippen LogP) is 1.54. The van der Waals surface area contributed by atoms with Gasteiger partial charge in [-0.3, -0.25) is 10.00 Å². The molecule has 1 amide bonds. The summed E-state index contributed by atoms with van der Waals surface area (Å²) in [4.78, 5) is 10.9. The predicted molar refractivity (Wildman–Crippen MR) is 40.0 cm³/mol.